The van der Waals surface area contributed by atoms with Gasteiger partial charge in [0.2, 0.25) is 0 Å². The number of fused-ring (bicyclic) bond motifs is 2. The zero-order valence-electron chi connectivity index (χ0n) is 11.1. The number of nitriles is 1. The molecule has 1 aliphatic carbocycles. The van der Waals surface area contributed by atoms with Crippen LogP contribution in [0.25, 0.3) is 0 Å². The molecule has 2 bridgehead atoms. The molecule has 1 heterocycles. The summed E-state index contributed by atoms with van der Waals surface area (Å²) in [5, 5.41) is 12.4. The van der Waals surface area contributed by atoms with Gasteiger partial charge in [0.05, 0.1) is 18.7 Å². The molecule has 1 saturated carbocycles. The number of hydrogen-bond donors (Lipinski definition) is 1. The van der Waals surface area contributed by atoms with E-state index in [0.717, 1.165) is 18.8 Å². The first-order chi connectivity index (χ1) is 9.31. The van der Waals surface area contributed by atoms with Crippen molar-refractivity contribution >= 4 is 0 Å². The van der Waals surface area contributed by atoms with Gasteiger partial charge >= 0.3 is 0 Å². The molecule has 0 amide bonds. The van der Waals surface area contributed by atoms with Gasteiger partial charge in [-0.15, -0.1) is 0 Å². The molecule has 4 heteroatoms. The van der Waals surface area contributed by atoms with Crippen molar-refractivity contribution < 1.29 is 9.47 Å². The summed E-state index contributed by atoms with van der Waals surface area (Å²) in [4.78, 5) is 0. The Morgan fingerprint density at radius 1 is 1.21 bits per heavy atom. The van der Waals surface area contributed by atoms with Crippen LogP contribution in [-0.4, -0.2) is 26.3 Å². The van der Waals surface area contributed by atoms with Crippen LogP contribution >= 0.6 is 0 Å². The summed E-state index contributed by atoms with van der Waals surface area (Å²) < 4.78 is 11.5. The van der Waals surface area contributed by atoms with E-state index in [2.05, 4.69) is 11.4 Å². The first-order valence-electron chi connectivity index (χ1n) is 6.77. The number of methoxy groups -OCH3 is 1. The Kier molecular flexibility index (Phi) is 3.31. The topological polar surface area (TPSA) is 54.3 Å². The number of rotatable bonds is 3. The minimum Gasteiger partial charge on any atom is -0.493 e. The van der Waals surface area contributed by atoms with Gasteiger partial charge in [0.25, 0.3) is 0 Å². The van der Waals surface area contributed by atoms with E-state index in [9.17, 15) is 0 Å². The SMILES string of the molecule is COc1cc(C#N)ccc1OC1C2CCC1CNC2. The molecule has 19 heavy (non-hydrogen) atoms. The lowest BCUT2D eigenvalue weighted by Gasteiger charge is -2.31. The van der Waals surface area contributed by atoms with Gasteiger partial charge in [0.15, 0.2) is 11.5 Å². The summed E-state index contributed by atoms with van der Waals surface area (Å²) in [6, 6.07) is 7.48. The molecule has 0 spiro atoms. The van der Waals surface area contributed by atoms with Crippen LogP contribution in [0, 0.1) is 23.2 Å². The molecule has 1 aliphatic heterocycles. The quantitative estimate of drug-likeness (QED) is 0.900. The highest BCUT2D eigenvalue weighted by atomic mass is 16.5. The number of hydrogen-bond acceptors (Lipinski definition) is 4. The number of piperidine rings is 1. The summed E-state index contributed by atoms with van der Waals surface area (Å²) in [6.07, 6.45) is 2.75. The summed E-state index contributed by atoms with van der Waals surface area (Å²) >= 11 is 0. The number of benzene rings is 1. The average Bonchev–Trinajstić information content (AvgIpc) is 2.68. The zero-order valence-corrected chi connectivity index (χ0v) is 11.1. The molecular formula is C15H18N2O2. The van der Waals surface area contributed by atoms with E-state index in [1.54, 1.807) is 19.2 Å². The molecule has 1 N–H and O–H groups in total. The second-order valence-corrected chi connectivity index (χ2v) is 5.32. The normalized spacial score (nSPS) is 28.7. The first kappa shape index (κ1) is 12.3. The lowest BCUT2D eigenvalue weighted by atomic mass is 9.96. The molecule has 1 aromatic carbocycles. The van der Waals surface area contributed by atoms with Gasteiger partial charge in [-0.2, -0.15) is 5.26 Å². The van der Waals surface area contributed by atoms with Crippen molar-refractivity contribution in [3.63, 3.8) is 0 Å². The number of ether oxygens (including phenoxy) is 2. The van der Waals surface area contributed by atoms with E-state index in [1.165, 1.54) is 12.8 Å². The summed E-state index contributed by atoms with van der Waals surface area (Å²) in [7, 11) is 1.61. The summed E-state index contributed by atoms with van der Waals surface area (Å²) in [6.45, 7) is 2.08. The first-order valence-corrected chi connectivity index (χ1v) is 6.77. The van der Waals surface area contributed by atoms with Crippen LogP contribution in [0.5, 0.6) is 11.5 Å². The maximum Gasteiger partial charge on any atom is 0.162 e. The van der Waals surface area contributed by atoms with Crippen LogP contribution in [0.2, 0.25) is 0 Å². The largest absolute Gasteiger partial charge is 0.493 e. The van der Waals surface area contributed by atoms with Crippen LogP contribution in [0.15, 0.2) is 18.2 Å². The van der Waals surface area contributed by atoms with E-state index in [4.69, 9.17) is 14.7 Å². The fourth-order valence-corrected chi connectivity index (χ4v) is 3.21. The molecule has 2 aliphatic rings. The maximum atomic E-state index is 8.91. The third-order valence-electron chi connectivity index (χ3n) is 4.21. The van der Waals surface area contributed by atoms with E-state index in [0.29, 0.717) is 23.1 Å². The van der Waals surface area contributed by atoms with Crippen molar-refractivity contribution in [3.05, 3.63) is 23.8 Å². The average molecular weight is 258 g/mol. The Morgan fingerprint density at radius 2 is 1.95 bits per heavy atom. The Labute approximate surface area is 113 Å². The summed E-state index contributed by atoms with van der Waals surface area (Å²) in [5.74, 6) is 2.60. The van der Waals surface area contributed by atoms with E-state index >= 15 is 0 Å². The maximum absolute atomic E-state index is 8.91. The Morgan fingerprint density at radius 3 is 2.58 bits per heavy atom. The monoisotopic (exact) mass is 258 g/mol. The molecule has 2 atom stereocenters. The zero-order chi connectivity index (χ0) is 13.2. The third-order valence-corrected chi connectivity index (χ3v) is 4.21. The minimum atomic E-state index is 0.281. The van der Waals surface area contributed by atoms with Gasteiger partial charge in [0.1, 0.15) is 6.10 Å². The molecule has 0 aromatic heterocycles. The highest BCUT2D eigenvalue weighted by molar-refractivity contribution is 5.46. The van der Waals surface area contributed by atoms with Crippen molar-refractivity contribution in [1.82, 2.24) is 5.32 Å². The molecule has 2 unspecified atom stereocenters. The second kappa shape index (κ2) is 5.10. The predicted octanol–water partition coefficient (Wildman–Crippen LogP) is 1.94. The highest BCUT2D eigenvalue weighted by Gasteiger charge is 2.40. The fourth-order valence-electron chi connectivity index (χ4n) is 3.21. The number of nitrogens with zero attached hydrogens (tertiary/aromatic N) is 1. The van der Waals surface area contributed by atoms with Crippen molar-refractivity contribution in [2.24, 2.45) is 11.8 Å². The molecule has 4 nitrogen and oxygen atoms in total. The van der Waals surface area contributed by atoms with Gasteiger partial charge in [-0.05, 0) is 25.0 Å². The molecule has 0 radical (unpaired) electrons. The Bertz CT molecular complexity index is 493. The molecule has 100 valence electrons. The second-order valence-electron chi connectivity index (χ2n) is 5.32. The van der Waals surface area contributed by atoms with Crippen LogP contribution in [-0.2, 0) is 0 Å². The predicted molar refractivity (Wildman–Crippen MR) is 71.2 cm³/mol. The molecule has 1 aromatic rings. The van der Waals surface area contributed by atoms with E-state index in [1.807, 2.05) is 6.07 Å². The molecule has 2 fully saturated rings. The Hall–Kier alpha value is -1.73. The van der Waals surface area contributed by atoms with Crippen LogP contribution in [0.1, 0.15) is 18.4 Å². The van der Waals surface area contributed by atoms with Crippen molar-refractivity contribution in [2.45, 2.75) is 18.9 Å². The third kappa shape index (κ3) is 2.26. The van der Waals surface area contributed by atoms with Crippen LogP contribution < -0.4 is 14.8 Å². The van der Waals surface area contributed by atoms with Crippen molar-refractivity contribution in [1.29, 1.82) is 5.26 Å². The van der Waals surface area contributed by atoms with E-state index < -0.39 is 0 Å². The lowest BCUT2D eigenvalue weighted by Crippen LogP contribution is -2.44. The van der Waals surface area contributed by atoms with E-state index in [-0.39, 0.29) is 6.10 Å². The van der Waals surface area contributed by atoms with Gasteiger partial charge in [-0.3, -0.25) is 0 Å². The van der Waals surface area contributed by atoms with Gasteiger partial charge < -0.3 is 14.8 Å². The molecule has 1 saturated heterocycles. The van der Waals surface area contributed by atoms with Crippen molar-refractivity contribution in [2.75, 3.05) is 20.2 Å². The fraction of sp³-hybridized carbons (Fsp3) is 0.533. The van der Waals surface area contributed by atoms with Gasteiger partial charge in [-0.25, -0.2) is 0 Å². The van der Waals surface area contributed by atoms with Crippen molar-refractivity contribution in [3.8, 4) is 17.6 Å². The lowest BCUT2D eigenvalue weighted by molar-refractivity contribution is 0.0901. The van der Waals surface area contributed by atoms with Crippen LogP contribution in [0.4, 0.5) is 0 Å². The molecule has 3 rings (SSSR count). The molecular weight excluding hydrogens is 240 g/mol. The summed E-state index contributed by atoms with van der Waals surface area (Å²) in [5.41, 5.74) is 0.595. The smallest absolute Gasteiger partial charge is 0.162 e. The van der Waals surface area contributed by atoms with Gasteiger partial charge in [-0.1, -0.05) is 0 Å². The standard InChI is InChI=1S/C15H18N2O2/c1-18-14-6-10(7-16)2-5-13(14)19-15-11-3-4-12(15)9-17-8-11/h2,5-6,11-12,15,17H,3-4,8-9H2,1H3. The van der Waals surface area contributed by atoms with Gasteiger partial charge in [0, 0.05) is 31.0 Å². The number of nitrogens with one attached hydrogen (secondary N) is 1. The minimum absolute atomic E-state index is 0.281. The Balaban J connectivity index is 1.82. The van der Waals surface area contributed by atoms with Crippen LogP contribution in [0.3, 0.4) is 0 Å². The highest BCUT2D eigenvalue weighted by Crippen LogP contribution is 2.39.